The maximum Gasteiger partial charge on any atom is 0.198 e. The summed E-state index contributed by atoms with van der Waals surface area (Å²) in [4.78, 5) is 15.6. The molecule has 1 aromatic heterocycles. The number of aryl methyl sites for hydroxylation is 1. The van der Waals surface area contributed by atoms with Gasteiger partial charge in [-0.1, -0.05) is 6.92 Å². The molecule has 0 saturated heterocycles. The zero-order valence-electron chi connectivity index (χ0n) is 10.2. The van der Waals surface area contributed by atoms with Crippen LogP contribution in [0.1, 0.15) is 67.6 Å². The molecule has 16 heavy (non-hydrogen) atoms. The van der Waals surface area contributed by atoms with E-state index in [9.17, 15) is 4.79 Å². The van der Waals surface area contributed by atoms with Gasteiger partial charge >= 0.3 is 0 Å². The number of carbonyl (C=O) groups is 1. The second-order valence-electron chi connectivity index (χ2n) is 4.97. The monoisotopic (exact) mass is 221 g/mol. The van der Waals surface area contributed by atoms with Crippen molar-refractivity contribution in [2.45, 2.75) is 52.4 Å². The molecule has 0 atom stereocenters. The molecule has 88 valence electrons. The van der Waals surface area contributed by atoms with Crippen LogP contribution in [0.25, 0.3) is 0 Å². The average molecular weight is 221 g/mol. The first-order valence-corrected chi connectivity index (χ1v) is 6.06. The van der Waals surface area contributed by atoms with E-state index in [1.54, 1.807) is 0 Å². The van der Waals surface area contributed by atoms with Gasteiger partial charge in [0.05, 0.1) is 0 Å². The minimum Gasteiger partial charge on any atom is -0.445 e. The van der Waals surface area contributed by atoms with E-state index in [0.29, 0.717) is 17.4 Å². The van der Waals surface area contributed by atoms with Crippen molar-refractivity contribution in [2.24, 2.45) is 5.92 Å². The Bertz CT molecular complexity index is 387. The summed E-state index contributed by atoms with van der Waals surface area (Å²) in [5.74, 6) is 2.68. The van der Waals surface area contributed by atoms with E-state index in [1.807, 2.05) is 6.92 Å². The van der Waals surface area contributed by atoms with Crippen molar-refractivity contribution in [2.75, 3.05) is 0 Å². The molecule has 0 N–H and O–H groups in total. The van der Waals surface area contributed by atoms with E-state index in [-0.39, 0.29) is 5.78 Å². The number of Topliss-reactive ketones (excluding diaryl/α,β-unsaturated/α-hetero) is 1. The summed E-state index contributed by atoms with van der Waals surface area (Å²) >= 11 is 0. The van der Waals surface area contributed by atoms with Gasteiger partial charge in [-0.25, -0.2) is 4.98 Å². The van der Waals surface area contributed by atoms with Crippen molar-refractivity contribution < 1.29 is 9.21 Å². The van der Waals surface area contributed by atoms with Crippen molar-refractivity contribution in [1.82, 2.24) is 4.98 Å². The molecule has 0 aromatic carbocycles. The van der Waals surface area contributed by atoms with Crippen LogP contribution in [0.2, 0.25) is 0 Å². The van der Waals surface area contributed by atoms with Crippen LogP contribution in [0, 0.1) is 12.8 Å². The summed E-state index contributed by atoms with van der Waals surface area (Å²) in [7, 11) is 0. The van der Waals surface area contributed by atoms with Crippen LogP contribution in [0.5, 0.6) is 0 Å². The summed E-state index contributed by atoms with van der Waals surface area (Å²) < 4.78 is 5.62. The first kappa shape index (κ1) is 11.4. The van der Waals surface area contributed by atoms with Crippen LogP contribution in [-0.2, 0) is 0 Å². The van der Waals surface area contributed by atoms with E-state index < -0.39 is 0 Å². The highest BCUT2D eigenvalue weighted by Crippen LogP contribution is 2.35. The molecule has 0 spiro atoms. The second kappa shape index (κ2) is 4.40. The Kier molecular flexibility index (Phi) is 3.13. The minimum absolute atomic E-state index is 0.00308. The molecule has 1 heterocycles. The Balaban J connectivity index is 2.15. The maximum absolute atomic E-state index is 11.3. The molecule has 1 aliphatic rings. The van der Waals surface area contributed by atoms with Crippen LogP contribution < -0.4 is 0 Å². The highest BCUT2D eigenvalue weighted by Gasteiger charge is 2.25. The Hall–Kier alpha value is -1.12. The Labute approximate surface area is 96.3 Å². The molecule has 1 fully saturated rings. The molecule has 3 heteroatoms. The van der Waals surface area contributed by atoms with Gasteiger partial charge in [-0.15, -0.1) is 0 Å². The van der Waals surface area contributed by atoms with Gasteiger partial charge in [0.15, 0.2) is 11.7 Å². The summed E-state index contributed by atoms with van der Waals surface area (Å²) in [6.45, 7) is 5.65. The zero-order valence-corrected chi connectivity index (χ0v) is 10.2. The van der Waals surface area contributed by atoms with Gasteiger partial charge in [-0.2, -0.15) is 0 Å². The Morgan fingerprint density at radius 2 is 1.94 bits per heavy atom. The second-order valence-corrected chi connectivity index (χ2v) is 4.97. The number of aromatic nitrogens is 1. The molecule has 1 aromatic rings. The normalized spacial score (nSPS) is 25.7. The van der Waals surface area contributed by atoms with E-state index >= 15 is 0 Å². The van der Waals surface area contributed by atoms with Crippen LogP contribution in [0.4, 0.5) is 0 Å². The van der Waals surface area contributed by atoms with Crippen LogP contribution >= 0.6 is 0 Å². The number of oxazole rings is 1. The number of rotatable bonds is 2. The van der Waals surface area contributed by atoms with E-state index in [1.165, 1.54) is 19.8 Å². The van der Waals surface area contributed by atoms with Gasteiger partial charge in [0.1, 0.15) is 11.5 Å². The van der Waals surface area contributed by atoms with Gasteiger partial charge in [0, 0.05) is 12.8 Å². The molecule has 0 amide bonds. The fraction of sp³-hybridized carbons (Fsp3) is 0.692. The first-order valence-electron chi connectivity index (χ1n) is 6.06. The standard InChI is InChI=1S/C13H19NO2/c1-8-4-6-11(7-5-8)13-14-12(9(2)15)10(3)16-13/h8,11H,4-7H2,1-3H3. The first-order chi connectivity index (χ1) is 7.58. The van der Waals surface area contributed by atoms with Gasteiger partial charge in [0.25, 0.3) is 0 Å². The maximum atomic E-state index is 11.3. The average Bonchev–Trinajstić information content (AvgIpc) is 2.61. The number of hydrogen-bond acceptors (Lipinski definition) is 3. The highest BCUT2D eigenvalue weighted by molar-refractivity contribution is 5.92. The number of nitrogens with zero attached hydrogens (tertiary/aromatic N) is 1. The molecular weight excluding hydrogens is 202 g/mol. The quantitative estimate of drug-likeness (QED) is 0.718. The molecule has 0 unspecified atom stereocenters. The fourth-order valence-electron chi connectivity index (χ4n) is 2.43. The highest BCUT2D eigenvalue weighted by atomic mass is 16.4. The zero-order chi connectivity index (χ0) is 11.7. The van der Waals surface area contributed by atoms with Gasteiger partial charge in [0.2, 0.25) is 0 Å². The lowest BCUT2D eigenvalue weighted by molar-refractivity contribution is 0.101. The lowest BCUT2D eigenvalue weighted by Gasteiger charge is -2.23. The smallest absolute Gasteiger partial charge is 0.198 e. The number of ketones is 1. The summed E-state index contributed by atoms with van der Waals surface area (Å²) in [6.07, 6.45) is 4.75. The van der Waals surface area contributed by atoms with Gasteiger partial charge in [-0.3, -0.25) is 4.79 Å². The van der Waals surface area contributed by atoms with E-state index in [2.05, 4.69) is 11.9 Å². The Morgan fingerprint density at radius 1 is 1.31 bits per heavy atom. The summed E-state index contributed by atoms with van der Waals surface area (Å²) in [5.41, 5.74) is 0.508. The summed E-state index contributed by atoms with van der Waals surface area (Å²) in [5, 5.41) is 0. The largest absolute Gasteiger partial charge is 0.445 e. The molecule has 0 radical (unpaired) electrons. The minimum atomic E-state index is -0.00308. The van der Waals surface area contributed by atoms with Crippen LogP contribution in [0.3, 0.4) is 0 Å². The van der Waals surface area contributed by atoms with Gasteiger partial charge in [-0.05, 0) is 38.5 Å². The van der Waals surface area contributed by atoms with Crippen molar-refractivity contribution in [1.29, 1.82) is 0 Å². The van der Waals surface area contributed by atoms with Gasteiger partial charge < -0.3 is 4.42 Å². The van der Waals surface area contributed by atoms with Crippen LogP contribution in [0.15, 0.2) is 4.42 Å². The molecule has 2 rings (SSSR count). The molecule has 0 aliphatic heterocycles. The lowest BCUT2D eigenvalue weighted by atomic mass is 9.83. The van der Waals surface area contributed by atoms with Crippen molar-refractivity contribution in [3.63, 3.8) is 0 Å². The summed E-state index contributed by atoms with van der Waals surface area (Å²) in [6, 6.07) is 0. The predicted molar refractivity (Wildman–Crippen MR) is 61.6 cm³/mol. The van der Waals surface area contributed by atoms with Crippen molar-refractivity contribution in [3.8, 4) is 0 Å². The van der Waals surface area contributed by atoms with Crippen molar-refractivity contribution >= 4 is 5.78 Å². The van der Waals surface area contributed by atoms with E-state index in [0.717, 1.165) is 24.7 Å². The SMILES string of the molecule is CC(=O)c1nc(C2CCC(C)CC2)oc1C. The number of hydrogen-bond donors (Lipinski definition) is 0. The van der Waals surface area contributed by atoms with Crippen molar-refractivity contribution in [3.05, 3.63) is 17.3 Å². The lowest BCUT2D eigenvalue weighted by Crippen LogP contribution is -2.11. The van der Waals surface area contributed by atoms with E-state index in [4.69, 9.17) is 4.42 Å². The third-order valence-corrected chi connectivity index (χ3v) is 3.51. The topological polar surface area (TPSA) is 43.1 Å². The number of carbonyl (C=O) groups excluding carboxylic acids is 1. The molecule has 0 bridgehead atoms. The molecule has 1 aliphatic carbocycles. The third-order valence-electron chi connectivity index (χ3n) is 3.51. The predicted octanol–water partition coefficient (Wildman–Crippen LogP) is 3.48. The van der Waals surface area contributed by atoms with Crippen LogP contribution in [-0.4, -0.2) is 10.8 Å². The Morgan fingerprint density at radius 3 is 2.44 bits per heavy atom. The molecule has 3 nitrogen and oxygen atoms in total. The third kappa shape index (κ3) is 2.18. The molecule has 1 saturated carbocycles. The fourth-order valence-corrected chi connectivity index (χ4v) is 2.43. The molecular formula is C13H19NO2.